The van der Waals surface area contributed by atoms with Gasteiger partial charge in [0.2, 0.25) is 0 Å². The van der Waals surface area contributed by atoms with E-state index in [0.717, 1.165) is 17.2 Å². The molecule has 1 aliphatic rings. The summed E-state index contributed by atoms with van der Waals surface area (Å²) in [6.45, 7) is 3.87. The van der Waals surface area contributed by atoms with Gasteiger partial charge in [0.15, 0.2) is 5.78 Å². The quantitative estimate of drug-likeness (QED) is 0.635. The summed E-state index contributed by atoms with van der Waals surface area (Å²) in [4.78, 5) is 15.5. The summed E-state index contributed by atoms with van der Waals surface area (Å²) >= 11 is 1.75. The van der Waals surface area contributed by atoms with Gasteiger partial charge < -0.3 is 0 Å². The first-order valence-corrected chi connectivity index (χ1v) is 4.92. The van der Waals surface area contributed by atoms with E-state index in [1.165, 1.54) is 0 Å². The molecule has 0 spiro atoms. The molecule has 0 fully saturated rings. The van der Waals surface area contributed by atoms with Gasteiger partial charge in [0.05, 0.1) is 5.04 Å². The van der Waals surface area contributed by atoms with Crippen LogP contribution < -0.4 is 0 Å². The van der Waals surface area contributed by atoms with Crippen LogP contribution in [0.2, 0.25) is 0 Å². The van der Waals surface area contributed by atoms with Crippen molar-refractivity contribution in [1.82, 2.24) is 0 Å². The fraction of sp³-hybridized carbons (Fsp3) is 0.750. The van der Waals surface area contributed by atoms with Crippen molar-refractivity contribution in [2.24, 2.45) is 4.99 Å². The van der Waals surface area contributed by atoms with Gasteiger partial charge in [-0.25, -0.2) is 0 Å². The molecule has 11 heavy (non-hydrogen) atoms. The Labute approximate surface area is 71.5 Å². The first kappa shape index (κ1) is 8.78. The highest BCUT2D eigenvalue weighted by atomic mass is 32.2. The van der Waals surface area contributed by atoms with Crippen LogP contribution in [0.3, 0.4) is 0 Å². The van der Waals surface area contributed by atoms with Crippen molar-refractivity contribution in [3.63, 3.8) is 0 Å². The molecule has 0 aliphatic carbocycles. The fourth-order valence-electron chi connectivity index (χ4n) is 1.11. The Kier molecular flexibility index (Phi) is 3.12. The predicted molar refractivity (Wildman–Crippen MR) is 49.3 cm³/mol. The van der Waals surface area contributed by atoms with Gasteiger partial charge >= 0.3 is 0 Å². The van der Waals surface area contributed by atoms with Crippen molar-refractivity contribution >= 4 is 22.6 Å². The summed E-state index contributed by atoms with van der Waals surface area (Å²) < 4.78 is 0. The molecule has 0 bridgehead atoms. The molecule has 0 aromatic heterocycles. The summed E-state index contributed by atoms with van der Waals surface area (Å²) in [5, 5.41) is 1.06. The molecule has 1 rings (SSSR count). The second kappa shape index (κ2) is 3.90. The standard InChI is InChI=1S/C8H13NOS/c1-3-8(10)7-4-5-11-6(2)9-7/h7H,3-5H2,1-2H3. The van der Waals surface area contributed by atoms with Crippen molar-refractivity contribution in [3.05, 3.63) is 0 Å². The molecule has 1 aliphatic heterocycles. The lowest BCUT2D eigenvalue weighted by Gasteiger charge is -2.16. The Morgan fingerprint density at radius 1 is 1.82 bits per heavy atom. The van der Waals surface area contributed by atoms with Crippen LogP contribution in [0, 0.1) is 0 Å². The normalized spacial score (nSPS) is 24.5. The maximum atomic E-state index is 11.2. The van der Waals surface area contributed by atoms with Crippen LogP contribution in [0.1, 0.15) is 26.7 Å². The number of Topliss-reactive ketones (excluding diaryl/α,β-unsaturated/α-hetero) is 1. The van der Waals surface area contributed by atoms with Gasteiger partial charge in [-0.3, -0.25) is 9.79 Å². The molecule has 2 nitrogen and oxygen atoms in total. The highest BCUT2D eigenvalue weighted by Gasteiger charge is 2.18. The Morgan fingerprint density at radius 2 is 2.55 bits per heavy atom. The van der Waals surface area contributed by atoms with E-state index >= 15 is 0 Å². The zero-order valence-electron chi connectivity index (χ0n) is 6.96. The topological polar surface area (TPSA) is 29.4 Å². The molecule has 62 valence electrons. The van der Waals surface area contributed by atoms with Crippen LogP contribution in [0.25, 0.3) is 0 Å². The minimum absolute atomic E-state index is 0.0266. The molecule has 0 aromatic carbocycles. The summed E-state index contributed by atoms with van der Waals surface area (Å²) in [5.41, 5.74) is 0. The van der Waals surface area contributed by atoms with Crippen LogP contribution in [-0.4, -0.2) is 22.6 Å². The average Bonchev–Trinajstić information content (AvgIpc) is 2.03. The molecular weight excluding hydrogens is 158 g/mol. The number of carbonyl (C=O) groups excluding carboxylic acids is 1. The van der Waals surface area contributed by atoms with Crippen LogP contribution in [0.15, 0.2) is 4.99 Å². The molecule has 0 radical (unpaired) electrons. The van der Waals surface area contributed by atoms with E-state index in [2.05, 4.69) is 4.99 Å². The van der Waals surface area contributed by atoms with Crippen molar-refractivity contribution in [2.45, 2.75) is 32.7 Å². The van der Waals surface area contributed by atoms with Crippen molar-refractivity contribution in [3.8, 4) is 0 Å². The van der Waals surface area contributed by atoms with Gasteiger partial charge in [-0.05, 0) is 13.3 Å². The van der Waals surface area contributed by atoms with Gasteiger partial charge in [0.1, 0.15) is 6.04 Å². The van der Waals surface area contributed by atoms with Gasteiger partial charge in [-0.1, -0.05) is 6.92 Å². The molecule has 0 saturated carbocycles. The monoisotopic (exact) mass is 171 g/mol. The summed E-state index contributed by atoms with van der Waals surface area (Å²) in [6, 6.07) is -0.0266. The fourth-order valence-corrected chi connectivity index (χ4v) is 1.95. The van der Waals surface area contributed by atoms with E-state index < -0.39 is 0 Å². The van der Waals surface area contributed by atoms with Crippen LogP contribution >= 0.6 is 11.8 Å². The predicted octanol–water partition coefficient (Wildman–Crippen LogP) is 1.89. The molecule has 0 N–H and O–H groups in total. The zero-order valence-corrected chi connectivity index (χ0v) is 7.78. The van der Waals surface area contributed by atoms with Crippen LogP contribution in [0.5, 0.6) is 0 Å². The molecule has 1 unspecified atom stereocenters. The van der Waals surface area contributed by atoms with Crippen molar-refractivity contribution < 1.29 is 4.79 Å². The summed E-state index contributed by atoms with van der Waals surface area (Å²) in [5.74, 6) is 1.33. The minimum Gasteiger partial charge on any atom is -0.297 e. The third-order valence-corrected chi connectivity index (χ3v) is 2.72. The van der Waals surface area contributed by atoms with Gasteiger partial charge in [0, 0.05) is 12.2 Å². The average molecular weight is 171 g/mol. The lowest BCUT2D eigenvalue weighted by molar-refractivity contribution is -0.119. The number of nitrogens with zero attached hydrogens (tertiary/aromatic N) is 1. The third kappa shape index (κ3) is 2.33. The van der Waals surface area contributed by atoms with Crippen molar-refractivity contribution in [1.29, 1.82) is 0 Å². The number of carbonyl (C=O) groups is 1. The first-order valence-electron chi connectivity index (χ1n) is 3.94. The van der Waals surface area contributed by atoms with E-state index in [1.54, 1.807) is 11.8 Å². The number of thioether (sulfide) groups is 1. The lowest BCUT2D eigenvalue weighted by Crippen LogP contribution is -2.22. The molecule has 0 amide bonds. The maximum Gasteiger partial charge on any atom is 0.157 e. The Hall–Kier alpha value is -0.310. The van der Waals surface area contributed by atoms with E-state index in [9.17, 15) is 4.79 Å². The smallest absolute Gasteiger partial charge is 0.157 e. The van der Waals surface area contributed by atoms with E-state index in [-0.39, 0.29) is 11.8 Å². The number of ketones is 1. The Balaban J connectivity index is 2.59. The van der Waals surface area contributed by atoms with Crippen molar-refractivity contribution in [2.75, 3.05) is 5.75 Å². The van der Waals surface area contributed by atoms with Gasteiger partial charge in [0.25, 0.3) is 0 Å². The summed E-state index contributed by atoms with van der Waals surface area (Å²) in [6.07, 6.45) is 1.54. The highest BCUT2D eigenvalue weighted by molar-refractivity contribution is 8.13. The third-order valence-electron chi connectivity index (χ3n) is 1.76. The minimum atomic E-state index is -0.0266. The number of hydrogen-bond acceptors (Lipinski definition) is 3. The lowest BCUT2D eigenvalue weighted by atomic mass is 10.1. The number of rotatable bonds is 2. The number of aliphatic imine (C=N–C) groups is 1. The summed E-state index contributed by atoms with van der Waals surface area (Å²) in [7, 11) is 0. The highest BCUT2D eigenvalue weighted by Crippen LogP contribution is 2.18. The second-order valence-electron chi connectivity index (χ2n) is 2.62. The molecule has 1 heterocycles. The SMILES string of the molecule is CCC(=O)C1CCSC(C)=N1. The van der Waals surface area contributed by atoms with Crippen LogP contribution in [-0.2, 0) is 4.79 Å². The second-order valence-corrected chi connectivity index (χ2v) is 3.91. The molecular formula is C8H13NOS. The molecule has 3 heteroatoms. The Morgan fingerprint density at radius 3 is 3.09 bits per heavy atom. The van der Waals surface area contributed by atoms with E-state index in [0.29, 0.717) is 6.42 Å². The first-order chi connectivity index (χ1) is 5.24. The zero-order chi connectivity index (χ0) is 8.27. The molecule has 0 saturated heterocycles. The van der Waals surface area contributed by atoms with Gasteiger partial charge in [-0.2, -0.15) is 0 Å². The number of hydrogen-bond donors (Lipinski definition) is 0. The Bertz CT molecular complexity index is 189. The van der Waals surface area contributed by atoms with Crippen LogP contribution in [0.4, 0.5) is 0 Å². The molecule has 1 atom stereocenters. The molecule has 0 aromatic rings. The maximum absolute atomic E-state index is 11.2. The largest absolute Gasteiger partial charge is 0.297 e. The van der Waals surface area contributed by atoms with Gasteiger partial charge in [-0.15, -0.1) is 11.8 Å². The van der Waals surface area contributed by atoms with E-state index in [4.69, 9.17) is 0 Å². The van der Waals surface area contributed by atoms with E-state index in [1.807, 2.05) is 13.8 Å².